The van der Waals surface area contributed by atoms with Crippen molar-refractivity contribution in [1.82, 2.24) is 28.9 Å². The maximum Gasteiger partial charge on any atom is 0.266 e. The molecule has 2 aromatic heterocycles. The summed E-state index contributed by atoms with van der Waals surface area (Å²) in [6.07, 6.45) is 7.85. The molecule has 5 aromatic rings. The fourth-order valence-corrected chi connectivity index (χ4v) is 6.16. The fraction of sp³-hybridized carbons (Fsp3) is 0.351. The van der Waals surface area contributed by atoms with Crippen LogP contribution in [0.2, 0.25) is 0 Å². The van der Waals surface area contributed by atoms with E-state index >= 15 is 0 Å². The van der Waals surface area contributed by atoms with Gasteiger partial charge in [0.05, 0.1) is 35.6 Å². The first kappa shape index (κ1) is 30.7. The van der Waals surface area contributed by atoms with Crippen molar-refractivity contribution in [3.8, 4) is 17.2 Å². The average Bonchev–Trinajstić information content (AvgIpc) is 3.81. The van der Waals surface area contributed by atoms with Crippen LogP contribution in [0.15, 0.2) is 90.2 Å². The molecule has 0 radical (unpaired) electrons. The van der Waals surface area contributed by atoms with Crippen LogP contribution >= 0.6 is 0 Å². The molecule has 1 aliphatic carbocycles. The molecule has 0 bridgehead atoms. The lowest BCUT2D eigenvalue weighted by molar-refractivity contribution is -0.135. The molecule has 47 heavy (non-hydrogen) atoms. The number of carbonyl (C=O) groups excluding carboxylic acids is 1. The standard InChI is InChI=1S/C37H40N6O4/c1-26(2)47-34-6-4-3-5-33(34)43-35(39-32-14-7-27(21-31(32)37(43)45)22-41-16-15-38-25-41)23-40-17-19-42(20-18-40)36(44)24-46-30-12-10-29(11-13-30)28-8-9-28/h3-7,10-16,21,25-26,28H,8-9,17-20,22-24H2,1-2H3. The van der Waals surface area contributed by atoms with Crippen LogP contribution in [0.4, 0.5) is 0 Å². The van der Waals surface area contributed by atoms with Crippen LogP contribution in [0.5, 0.6) is 11.5 Å². The van der Waals surface area contributed by atoms with Crippen molar-refractivity contribution in [3.63, 3.8) is 0 Å². The zero-order chi connectivity index (χ0) is 32.3. The van der Waals surface area contributed by atoms with Crippen molar-refractivity contribution in [2.45, 2.75) is 51.8 Å². The summed E-state index contributed by atoms with van der Waals surface area (Å²) in [5, 5.41) is 0.545. The highest BCUT2D eigenvalue weighted by atomic mass is 16.5. The van der Waals surface area contributed by atoms with Crippen molar-refractivity contribution in [2.75, 3.05) is 32.8 Å². The summed E-state index contributed by atoms with van der Waals surface area (Å²) in [5.41, 5.74) is 3.49. The number of hydrogen-bond acceptors (Lipinski definition) is 7. The van der Waals surface area contributed by atoms with Crippen molar-refractivity contribution in [2.24, 2.45) is 0 Å². The Balaban J connectivity index is 1.10. The van der Waals surface area contributed by atoms with Gasteiger partial charge in [0.15, 0.2) is 6.61 Å². The Morgan fingerprint density at radius 2 is 1.74 bits per heavy atom. The van der Waals surface area contributed by atoms with E-state index in [9.17, 15) is 9.59 Å². The number of nitrogens with zero attached hydrogens (tertiary/aromatic N) is 6. The number of rotatable bonds is 11. The van der Waals surface area contributed by atoms with Gasteiger partial charge < -0.3 is 18.9 Å². The first-order valence-electron chi connectivity index (χ1n) is 16.4. The molecule has 3 aromatic carbocycles. The summed E-state index contributed by atoms with van der Waals surface area (Å²) in [7, 11) is 0. The zero-order valence-corrected chi connectivity index (χ0v) is 26.9. The Kier molecular flexibility index (Phi) is 8.76. The van der Waals surface area contributed by atoms with Gasteiger partial charge in [0.2, 0.25) is 0 Å². The van der Waals surface area contributed by atoms with Gasteiger partial charge in [-0.05, 0) is 80.1 Å². The van der Waals surface area contributed by atoms with Crippen molar-refractivity contribution in [3.05, 3.63) is 113 Å². The minimum Gasteiger partial charge on any atom is -0.489 e. The van der Waals surface area contributed by atoms with Gasteiger partial charge in [-0.2, -0.15) is 0 Å². The number of imidazole rings is 1. The van der Waals surface area contributed by atoms with Gasteiger partial charge in [0.1, 0.15) is 17.3 Å². The molecule has 2 aliphatic rings. The molecule has 0 atom stereocenters. The van der Waals surface area contributed by atoms with E-state index in [4.69, 9.17) is 14.5 Å². The third-order valence-corrected chi connectivity index (χ3v) is 8.78. The van der Waals surface area contributed by atoms with Crippen LogP contribution in [-0.2, 0) is 17.9 Å². The molecule has 1 saturated carbocycles. The van der Waals surface area contributed by atoms with Crippen molar-refractivity contribution in [1.29, 1.82) is 0 Å². The van der Waals surface area contributed by atoms with Crippen molar-refractivity contribution < 1.29 is 14.3 Å². The van der Waals surface area contributed by atoms with E-state index in [1.165, 1.54) is 18.4 Å². The number of piperazine rings is 1. The van der Waals surface area contributed by atoms with E-state index in [1.54, 1.807) is 17.1 Å². The Morgan fingerprint density at radius 1 is 0.957 bits per heavy atom. The normalized spacial score (nSPS) is 15.3. The monoisotopic (exact) mass is 632 g/mol. The van der Waals surface area contributed by atoms with Gasteiger partial charge in [-0.3, -0.25) is 19.1 Å². The number of benzene rings is 3. The first-order chi connectivity index (χ1) is 22.9. The molecule has 10 nitrogen and oxygen atoms in total. The highest BCUT2D eigenvalue weighted by Gasteiger charge is 2.25. The molecule has 10 heteroatoms. The molecule has 0 unspecified atom stereocenters. The number of ether oxygens (including phenoxy) is 2. The highest BCUT2D eigenvalue weighted by molar-refractivity contribution is 5.79. The Hall–Kier alpha value is -4.96. The third-order valence-electron chi connectivity index (χ3n) is 8.78. The van der Waals surface area contributed by atoms with E-state index in [0.29, 0.717) is 73.4 Å². The lowest BCUT2D eigenvalue weighted by Gasteiger charge is -2.34. The third kappa shape index (κ3) is 7.07. The lowest BCUT2D eigenvalue weighted by Crippen LogP contribution is -2.50. The van der Waals surface area contributed by atoms with Gasteiger partial charge >= 0.3 is 0 Å². The maximum absolute atomic E-state index is 14.3. The summed E-state index contributed by atoms with van der Waals surface area (Å²) in [4.78, 5) is 40.6. The molecule has 3 heterocycles. The summed E-state index contributed by atoms with van der Waals surface area (Å²) in [6, 6.07) is 21.6. The van der Waals surface area contributed by atoms with E-state index in [2.05, 4.69) is 22.0 Å². The largest absolute Gasteiger partial charge is 0.489 e. The van der Waals surface area contributed by atoms with Gasteiger partial charge in [-0.25, -0.2) is 9.97 Å². The lowest BCUT2D eigenvalue weighted by atomic mass is 10.1. The quantitative estimate of drug-likeness (QED) is 0.202. The highest BCUT2D eigenvalue weighted by Crippen LogP contribution is 2.40. The minimum absolute atomic E-state index is 0.0179. The first-order valence-corrected chi connectivity index (χ1v) is 16.4. The van der Waals surface area contributed by atoms with Crippen molar-refractivity contribution >= 4 is 16.8 Å². The van der Waals surface area contributed by atoms with Gasteiger partial charge in [-0.15, -0.1) is 0 Å². The summed E-state index contributed by atoms with van der Waals surface area (Å²) < 4.78 is 15.6. The van der Waals surface area contributed by atoms with E-state index < -0.39 is 0 Å². The number of amides is 1. The summed E-state index contributed by atoms with van der Waals surface area (Å²) in [6.45, 7) is 7.47. The van der Waals surface area contributed by atoms with E-state index in [1.807, 2.05) is 84.1 Å². The van der Waals surface area contributed by atoms with Crippen LogP contribution < -0.4 is 15.0 Å². The molecular formula is C37H40N6O4. The predicted octanol–water partition coefficient (Wildman–Crippen LogP) is 5.02. The average molecular weight is 633 g/mol. The van der Waals surface area contributed by atoms with Crippen LogP contribution in [-0.4, -0.2) is 73.7 Å². The molecular weight excluding hydrogens is 592 g/mol. The predicted molar refractivity (Wildman–Crippen MR) is 180 cm³/mol. The van der Waals surface area contributed by atoms with E-state index in [-0.39, 0.29) is 24.2 Å². The topological polar surface area (TPSA) is 94.7 Å². The number of hydrogen-bond donors (Lipinski definition) is 0. The molecule has 1 aliphatic heterocycles. The minimum atomic E-state index is -0.145. The van der Waals surface area contributed by atoms with Crippen LogP contribution in [0.1, 0.15) is 49.6 Å². The maximum atomic E-state index is 14.3. The molecule has 0 spiro atoms. The molecule has 242 valence electrons. The molecule has 2 fully saturated rings. The van der Waals surface area contributed by atoms with Crippen LogP contribution in [0, 0.1) is 0 Å². The van der Waals surface area contributed by atoms with Gasteiger partial charge in [0.25, 0.3) is 11.5 Å². The second-order valence-electron chi connectivity index (χ2n) is 12.7. The molecule has 1 saturated heterocycles. The Bertz CT molecular complexity index is 1910. The number of carbonyl (C=O) groups is 1. The second kappa shape index (κ2) is 13.4. The number of para-hydroxylation sites is 2. The SMILES string of the molecule is CC(C)Oc1ccccc1-n1c(CN2CCN(C(=O)COc3ccc(C4CC4)cc3)CC2)nc2ccc(Cn3ccnc3)cc2c1=O. The smallest absolute Gasteiger partial charge is 0.266 e. The number of fused-ring (bicyclic) bond motifs is 1. The van der Waals surface area contributed by atoms with Crippen LogP contribution in [0.3, 0.4) is 0 Å². The molecule has 1 amide bonds. The zero-order valence-electron chi connectivity index (χ0n) is 26.9. The van der Waals surface area contributed by atoms with E-state index in [0.717, 1.165) is 11.3 Å². The second-order valence-corrected chi connectivity index (χ2v) is 12.7. The molecule has 0 N–H and O–H groups in total. The summed E-state index contributed by atoms with van der Waals surface area (Å²) in [5.74, 6) is 2.64. The Morgan fingerprint density at radius 3 is 2.47 bits per heavy atom. The summed E-state index contributed by atoms with van der Waals surface area (Å²) >= 11 is 0. The molecule has 7 rings (SSSR count). The Labute approximate surface area is 274 Å². The number of aromatic nitrogens is 4. The van der Waals surface area contributed by atoms with Gasteiger partial charge in [0, 0.05) is 45.1 Å². The van der Waals surface area contributed by atoms with Gasteiger partial charge in [-0.1, -0.05) is 30.3 Å². The van der Waals surface area contributed by atoms with Crippen LogP contribution in [0.25, 0.3) is 16.6 Å². The fourth-order valence-electron chi connectivity index (χ4n) is 6.16.